The molecule has 0 fully saturated rings. The van der Waals surface area contributed by atoms with E-state index in [1.54, 1.807) is 11.6 Å². The van der Waals surface area contributed by atoms with Gasteiger partial charge in [0.25, 0.3) is 0 Å². The van der Waals surface area contributed by atoms with Crippen molar-refractivity contribution >= 4 is 33.8 Å². The number of nitro groups is 1. The van der Waals surface area contributed by atoms with E-state index in [0.717, 1.165) is 6.33 Å². The predicted molar refractivity (Wildman–Crippen MR) is 58.5 cm³/mol. The minimum Gasteiger partial charge on any atom is -0.378 e. The summed E-state index contributed by atoms with van der Waals surface area (Å²) < 4.78 is 0. The Morgan fingerprint density at radius 3 is 2.88 bits per heavy atom. The minimum atomic E-state index is -0.634. The summed E-state index contributed by atoms with van der Waals surface area (Å²) in [5.41, 5.74) is 5.05. The smallest absolute Gasteiger partial charge is 0.353 e. The number of nitrogens with one attached hydrogen (secondary N) is 1. The molecule has 0 amide bonds. The van der Waals surface area contributed by atoms with Crippen LogP contribution in [-0.2, 0) is 0 Å². The van der Waals surface area contributed by atoms with Crippen molar-refractivity contribution in [1.29, 1.82) is 0 Å². The maximum atomic E-state index is 10.8. The number of nitrogens with two attached hydrogens (primary N) is 1. The maximum Gasteiger partial charge on any atom is 0.353 e. The number of hydrogen-bond acceptors (Lipinski definition) is 8. The molecular formula is C7H6N6O2S. The molecule has 2 aromatic heterocycles. The lowest BCUT2D eigenvalue weighted by atomic mass is 10.4. The Balaban J connectivity index is 2.40. The van der Waals surface area contributed by atoms with E-state index in [1.807, 2.05) is 0 Å². The van der Waals surface area contributed by atoms with Crippen molar-refractivity contribution in [3.8, 4) is 0 Å². The molecule has 0 atom stereocenters. The van der Waals surface area contributed by atoms with E-state index in [4.69, 9.17) is 5.73 Å². The normalized spacial score (nSPS) is 10.0. The van der Waals surface area contributed by atoms with Crippen LogP contribution in [0.2, 0.25) is 0 Å². The van der Waals surface area contributed by atoms with Gasteiger partial charge in [-0.25, -0.2) is 15.0 Å². The van der Waals surface area contributed by atoms with E-state index in [-0.39, 0.29) is 17.3 Å². The van der Waals surface area contributed by atoms with E-state index in [2.05, 4.69) is 20.3 Å². The van der Waals surface area contributed by atoms with Crippen molar-refractivity contribution in [2.24, 2.45) is 0 Å². The zero-order chi connectivity index (χ0) is 11.5. The van der Waals surface area contributed by atoms with Crippen LogP contribution in [0.3, 0.4) is 0 Å². The number of hydrogen-bond donors (Lipinski definition) is 2. The third-order valence-electron chi connectivity index (χ3n) is 1.69. The van der Waals surface area contributed by atoms with Crippen molar-refractivity contribution in [1.82, 2.24) is 15.0 Å². The van der Waals surface area contributed by atoms with Crippen LogP contribution in [0, 0.1) is 10.1 Å². The van der Waals surface area contributed by atoms with Crippen LogP contribution in [-0.4, -0.2) is 19.9 Å². The maximum absolute atomic E-state index is 10.8. The predicted octanol–water partition coefficient (Wildman–Crippen LogP) is 1.17. The molecule has 0 saturated heterocycles. The first-order valence-electron chi connectivity index (χ1n) is 4.10. The Morgan fingerprint density at radius 1 is 1.44 bits per heavy atom. The molecule has 0 spiro atoms. The van der Waals surface area contributed by atoms with Gasteiger partial charge in [-0.2, -0.15) is 0 Å². The molecule has 0 aliphatic heterocycles. The Morgan fingerprint density at radius 2 is 2.25 bits per heavy atom. The first-order valence-corrected chi connectivity index (χ1v) is 4.98. The van der Waals surface area contributed by atoms with E-state index >= 15 is 0 Å². The molecule has 16 heavy (non-hydrogen) atoms. The number of rotatable bonds is 3. The van der Waals surface area contributed by atoms with E-state index in [9.17, 15) is 10.1 Å². The summed E-state index contributed by atoms with van der Waals surface area (Å²) in [6, 6.07) is 0. The third-order valence-corrected chi connectivity index (χ3v) is 2.38. The van der Waals surface area contributed by atoms with Crippen LogP contribution in [0.25, 0.3) is 0 Å². The summed E-state index contributed by atoms with van der Waals surface area (Å²) >= 11 is 1.30. The van der Waals surface area contributed by atoms with Crippen LogP contribution in [0.1, 0.15) is 0 Å². The topological polar surface area (TPSA) is 120 Å². The van der Waals surface area contributed by atoms with Gasteiger partial charge in [-0.05, 0) is 0 Å². The zero-order valence-electron chi connectivity index (χ0n) is 7.82. The lowest BCUT2D eigenvalue weighted by molar-refractivity contribution is -0.383. The van der Waals surface area contributed by atoms with Crippen molar-refractivity contribution in [2.45, 2.75) is 0 Å². The Hall–Kier alpha value is -2.29. The van der Waals surface area contributed by atoms with Crippen LogP contribution < -0.4 is 11.1 Å². The molecule has 0 bridgehead atoms. The fourth-order valence-corrected chi connectivity index (χ4v) is 1.58. The molecule has 3 N–H and O–H groups in total. The highest BCUT2D eigenvalue weighted by Crippen LogP contribution is 2.29. The van der Waals surface area contributed by atoms with Gasteiger partial charge in [0, 0.05) is 11.6 Å². The number of nitrogen functional groups attached to an aromatic ring is 1. The van der Waals surface area contributed by atoms with Gasteiger partial charge in [0.1, 0.15) is 6.33 Å². The molecule has 0 unspecified atom stereocenters. The van der Waals surface area contributed by atoms with Gasteiger partial charge >= 0.3 is 5.69 Å². The highest BCUT2D eigenvalue weighted by atomic mass is 32.1. The van der Waals surface area contributed by atoms with Crippen molar-refractivity contribution in [2.75, 3.05) is 11.1 Å². The molecule has 2 aromatic rings. The standard InChI is InChI=1S/C7H6N6O2S/c8-5-4(13(14)15)6(11-3-10-5)12-7-9-1-2-16-7/h1-3H,(H3,8,9,10,11,12). The highest BCUT2D eigenvalue weighted by molar-refractivity contribution is 7.13. The van der Waals surface area contributed by atoms with Crippen LogP contribution in [0.4, 0.5) is 22.5 Å². The number of thiazole rings is 1. The lowest BCUT2D eigenvalue weighted by Crippen LogP contribution is -2.04. The van der Waals surface area contributed by atoms with Crippen LogP contribution in [0.5, 0.6) is 0 Å². The molecule has 2 rings (SSSR count). The van der Waals surface area contributed by atoms with Gasteiger partial charge in [-0.15, -0.1) is 11.3 Å². The van der Waals surface area contributed by atoms with Crippen molar-refractivity contribution in [3.05, 3.63) is 28.0 Å². The lowest BCUT2D eigenvalue weighted by Gasteiger charge is -2.03. The SMILES string of the molecule is Nc1ncnc(Nc2nccs2)c1[N+](=O)[O-]. The first kappa shape index (κ1) is 10.2. The van der Waals surface area contributed by atoms with Gasteiger partial charge in [-0.1, -0.05) is 0 Å². The zero-order valence-corrected chi connectivity index (χ0v) is 8.64. The van der Waals surface area contributed by atoms with Crippen LogP contribution in [0.15, 0.2) is 17.9 Å². The van der Waals surface area contributed by atoms with Gasteiger partial charge < -0.3 is 11.1 Å². The minimum absolute atomic E-state index is 0.0347. The molecule has 0 radical (unpaired) electrons. The second-order valence-electron chi connectivity index (χ2n) is 2.68. The summed E-state index contributed by atoms with van der Waals surface area (Å²) in [4.78, 5) is 21.4. The molecule has 2 heterocycles. The Kier molecular flexibility index (Phi) is 2.60. The molecular weight excluding hydrogens is 232 g/mol. The number of nitrogens with zero attached hydrogens (tertiary/aromatic N) is 4. The van der Waals surface area contributed by atoms with Crippen LogP contribution >= 0.6 is 11.3 Å². The summed E-state index contributed by atoms with van der Waals surface area (Å²) in [7, 11) is 0. The Bertz CT molecular complexity index is 514. The van der Waals surface area contributed by atoms with E-state index in [0.29, 0.717) is 5.13 Å². The monoisotopic (exact) mass is 238 g/mol. The van der Waals surface area contributed by atoms with Crippen molar-refractivity contribution < 1.29 is 4.92 Å². The van der Waals surface area contributed by atoms with Gasteiger partial charge in [-0.3, -0.25) is 10.1 Å². The molecule has 0 aliphatic carbocycles. The largest absolute Gasteiger partial charge is 0.378 e. The van der Waals surface area contributed by atoms with E-state index in [1.165, 1.54) is 11.3 Å². The molecule has 82 valence electrons. The third kappa shape index (κ3) is 1.88. The summed E-state index contributed by atoms with van der Waals surface area (Å²) in [5.74, 6) is -0.147. The second-order valence-corrected chi connectivity index (χ2v) is 3.57. The second kappa shape index (κ2) is 4.06. The average Bonchev–Trinajstić information content (AvgIpc) is 2.70. The van der Waals surface area contributed by atoms with Crippen molar-refractivity contribution in [3.63, 3.8) is 0 Å². The molecule has 9 heteroatoms. The molecule has 8 nitrogen and oxygen atoms in total. The fourth-order valence-electron chi connectivity index (χ4n) is 1.05. The summed E-state index contributed by atoms with van der Waals surface area (Å²) in [6.45, 7) is 0. The first-order chi connectivity index (χ1) is 7.68. The highest BCUT2D eigenvalue weighted by Gasteiger charge is 2.21. The summed E-state index contributed by atoms with van der Waals surface area (Å²) in [5, 5.41) is 15.7. The fraction of sp³-hybridized carbons (Fsp3) is 0. The van der Waals surface area contributed by atoms with E-state index < -0.39 is 4.92 Å². The van der Waals surface area contributed by atoms with Gasteiger partial charge in [0.05, 0.1) is 4.92 Å². The quantitative estimate of drug-likeness (QED) is 0.608. The van der Waals surface area contributed by atoms with Gasteiger partial charge in [0.15, 0.2) is 5.13 Å². The molecule has 0 aliphatic rings. The number of anilines is 3. The average molecular weight is 238 g/mol. The summed E-state index contributed by atoms with van der Waals surface area (Å²) in [6.07, 6.45) is 2.72. The molecule has 0 aromatic carbocycles. The number of aromatic nitrogens is 3. The van der Waals surface area contributed by atoms with Gasteiger partial charge in [0.2, 0.25) is 11.6 Å². The Labute approximate surface area is 93.3 Å². The molecule has 0 saturated carbocycles.